The molecule has 1 atom stereocenters. The summed E-state index contributed by atoms with van der Waals surface area (Å²) in [5.41, 5.74) is 3.58. The van der Waals surface area contributed by atoms with Crippen molar-refractivity contribution in [2.45, 2.75) is 32.4 Å². The number of fused-ring (bicyclic) bond motifs is 1. The van der Waals surface area contributed by atoms with Gasteiger partial charge in [0.15, 0.2) is 5.82 Å². The third kappa shape index (κ3) is 6.87. The van der Waals surface area contributed by atoms with Crippen molar-refractivity contribution in [2.75, 3.05) is 16.8 Å². The maximum Gasteiger partial charge on any atom is 0.416 e. The second-order valence-electron chi connectivity index (χ2n) is 9.66. The van der Waals surface area contributed by atoms with Crippen LogP contribution in [0.1, 0.15) is 41.3 Å². The summed E-state index contributed by atoms with van der Waals surface area (Å²) in [5, 5.41) is 11.6. The molecule has 0 radical (unpaired) electrons. The number of rotatable bonds is 9. The van der Waals surface area contributed by atoms with Crippen LogP contribution < -0.4 is 20.3 Å². The molecule has 1 aromatic heterocycles. The Balaban J connectivity index is 1.35. The minimum absolute atomic E-state index is 0.00530. The summed E-state index contributed by atoms with van der Waals surface area (Å²) in [4.78, 5) is 45.7. The highest BCUT2D eigenvalue weighted by molar-refractivity contribution is 6.36. The number of aryl methyl sites for hydroxylation is 1. The minimum atomic E-state index is -1.26. The smallest absolute Gasteiger partial charge is 0.388 e. The molecule has 3 N–H and O–H groups in total. The summed E-state index contributed by atoms with van der Waals surface area (Å²) in [6, 6.07) is 24.0. The van der Waals surface area contributed by atoms with Crippen LogP contribution in [0.3, 0.4) is 0 Å². The third-order valence-electron chi connectivity index (χ3n) is 6.71. The number of benzodiazepines with no additional fused rings is 1. The summed E-state index contributed by atoms with van der Waals surface area (Å²) >= 11 is 12.4. The van der Waals surface area contributed by atoms with E-state index < -0.39 is 24.1 Å². The topological polar surface area (TPSA) is 129 Å². The van der Waals surface area contributed by atoms with Gasteiger partial charge in [-0.25, -0.2) is 4.79 Å². The molecule has 220 valence electrons. The van der Waals surface area contributed by atoms with Crippen LogP contribution in [-0.4, -0.2) is 46.5 Å². The molecule has 5 rings (SSSR count). The highest BCUT2D eigenvalue weighted by Crippen LogP contribution is 2.31. The fourth-order valence-corrected chi connectivity index (χ4v) is 5.06. The maximum atomic E-state index is 13.7. The summed E-state index contributed by atoms with van der Waals surface area (Å²) < 4.78 is 5.32. The van der Waals surface area contributed by atoms with E-state index in [1.165, 1.54) is 0 Å². The molecule has 3 aromatic carbocycles. The maximum absolute atomic E-state index is 13.7. The van der Waals surface area contributed by atoms with Gasteiger partial charge in [0.25, 0.3) is 17.7 Å². The van der Waals surface area contributed by atoms with E-state index in [9.17, 15) is 14.4 Å². The van der Waals surface area contributed by atoms with Crippen LogP contribution in [0.25, 0.3) is 0 Å². The van der Waals surface area contributed by atoms with E-state index in [2.05, 4.69) is 20.8 Å². The average molecular weight is 620 g/mol. The lowest BCUT2D eigenvalue weighted by Gasteiger charge is -2.24. The number of benzene rings is 3. The fraction of sp³-hybridized carbons (Fsp3) is 0.194. The fourth-order valence-electron chi connectivity index (χ4n) is 4.67. The van der Waals surface area contributed by atoms with Gasteiger partial charge in [-0.1, -0.05) is 90.8 Å². The van der Waals surface area contributed by atoms with E-state index in [-0.39, 0.29) is 27.3 Å². The van der Waals surface area contributed by atoms with E-state index in [1.807, 2.05) is 61.5 Å². The number of aromatic nitrogens is 2. The van der Waals surface area contributed by atoms with Crippen molar-refractivity contribution in [3.8, 4) is 5.88 Å². The Morgan fingerprint density at radius 3 is 2.47 bits per heavy atom. The Bertz CT molecular complexity index is 1670. The van der Waals surface area contributed by atoms with Crippen LogP contribution in [0.5, 0.6) is 5.88 Å². The van der Waals surface area contributed by atoms with Crippen molar-refractivity contribution >= 4 is 58.3 Å². The predicted octanol–water partition coefficient (Wildman–Crippen LogP) is 6.26. The molecule has 1 unspecified atom stereocenters. The van der Waals surface area contributed by atoms with E-state index in [0.717, 1.165) is 16.8 Å². The Morgan fingerprint density at radius 2 is 1.70 bits per heavy atom. The highest BCUT2D eigenvalue weighted by Gasteiger charge is 2.33. The molecule has 43 heavy (non-hydrogen) atoms. The minimum Gasteiger partial charge on any atom is -0.388 e. The van der Waals surface area contributed by atoms with Crippen molar-refractivity contribution in [1.29, 1.82) is 0 Å². The molecule has 0 bridgehead atoms. The predicted molar refractivity (Wildman–Crippen MR) is 166 cm³/mol. The van der Waals surface area contributed by atoms with E-state index >= 15 is 0 Å². The molecular formula is C31H28Cl2N6O4. The number of hydrogen-bond donors (Lipinski definition) is 3. The first kappa shape index (κ1) is 29.8. The number of nitrogens with zero attached hydrogens (tertiary/aromatic N) is 3. The first-order valence-corrected chi connectivity index (χ1v) is 14.4. The molecule has 10 nitrogen and oxygen atoms in total. The Morgan fingerprint density at radius 1 is 0.977 bits per heavy atom. The lowest BCUT2D eigenvalue weighted by Crippen LogP contribution is -2.48. The molecule has 0 spiro atoms. The molecule has 0 saturated carbocycles. The number of anilines is 2. The molecule has 1 aliphatic rings. The first-order chi connectivity index (χ1) is 20.9. The quantitative estimate of drug-likeness (QED) is 0.204. The Kier molecular flexibility index (Phi) is 9.38. The summed E-state index contributed by atoms with van der Waals surface area (Å²) in [7, 11) is 0. The van der Waals surface area contributed by atoms with Gasteiger partial charge in [-0.05, 0) is 43.0 Å². The van der Waals surface area contributed by atoms with Crippen molar-refractivity contribution in [3.63, 3.8) is 0 Å². The van der Waals surface area contributed by atoms with Gasteiger partial charge in [-0.3, -0.25) is 25.0 Å². The molecule has 4 aromatic rings. The number of carbonyl (C=O) groups excluding carboxylic acids is 3. The summed E-state index contributed by atoms with van der Waals surface area (Å²) in [5.74, 6) is -1.23. The first-order valence-electron chi connectivity index (χ1n) is 13.6. The Labute approximate surface area is 258 Å². The number of ether oxygens (including phenoxy) is 1. The number of para-hydroxylation sites is 1. The molecule has 12 heteroatoms. The standard InChI is InChI=1S/C31H28Cl2N6O4/c1-2-18-39-24-15-9-7-13-21(24)23(17-16-19-10-4-3-5-11-19)34-27(30(39)41)36-31(42)43-29-25(33)26(37-38-29)35-28(40)20-12-6-8-14-22(20)32/h3-15,27H,2,16-18H2,1H3,(H,36,42)(H2,35,37,38,40). The second kappa shape index (κ2) is 13.5. The van der Waals surface area contributed by atoms with E-state index in [0.29, 0.717) is 31.5 Å². The normalized spacial score (nSPS) is 14.4. The molecular weight excluding hydrogens is 591 g/mol. The lowest BCUT2D eigenvalue weighted by molar-refractivity contribution is -0.120. The van der Waals surface area contributed by atoms with Crippen LogP contribution in [0.2, 0.25) is 10.0 Å². The SMILES string of the molecule is CCCN1C(=O)C(NC(=O)Oc2n[nH]c(NC(=O)c3ccccc3Cl)c2Cl)N=C(CCc2ccccc2)c2ccccc21. The number of halogens is 2. The van der Waals surface area contributed by atoms with Gasteiger partial charge in [-0.2, -0.15) is 0 Å². The molecule has 1 aliphatic heterocycles. The van der Waals surface area contributed by atoms with Crippen LogP contribution in [0, 0.1) is 0 Å². The lowest BCUT2D eigenvalue weighted by atomic mass is 10.00. The van der Waals surface area contributed by atoms with Gasteiger partial charge in [-0.15, -0.1) is 5.10 Å². The van der Waals surface area contributed by atoms with Crippen molar-refractivity contribution in [3.05, 3.63) is 106 Å². The monoisotopic (exact) mass is 618 g/mol. The zero-order valence-electron chi connectivity index (χ0n) is 23.1. The van der Waals surface area contributed by atoms with Crippen LogP contribution in [0.4, 0.5) is 16.3 Å². The third-order valence-corrected chi connectivity index (χ3v) is 7.39. The molecule has 3 amide bonds. The average Bonchev–Trinajstić information content (AvgIpc) is 3.30. The zero-order chi connectivity index (χ0) is 30.3. The number of hydrogen-bond acceptors (Lipinski definition) is 6. The van der Waals surface area contributed by atoms with Gasteiger partial charge in [0.1, 0.15) is 5.02 Å². The highest BCUT2D eigenvalue weighted by atomic mass is 35.5. The second-order valence-corrected chi connectivity index (χ2v) is 10.4. The van der Waals surface area contributed by atoms with Gasteiger partial charge >= 0.3 is 6.09 Å². The molecule has 0 saturated heterocycles. The molecule has 0 aliphatic carbocycles. The van der Waals surface area contributed by atoms with E-state index in [4.69, 9.17) is 32.9 Å². The number of H-pyrrole nitrogens is 1. The summed E-state index contributed by atoms with van der Waals surface area (Å²) in [6.45, 7) is 2.40. The van der Waals surface area contributed by atoms with E-state index in [1.54, 1.807) is 29.2 Å². The Hall–Kier alpha value is -4.67. The molecule has 2 heterocycles. The van der Waals surface area contributed by atoms with Crippen molar-refractivity contribution < 1.29 is 19.1 Å². The number of nitrogens with one attached hydrogen (secondary N) is 3. The van der Waals surface area contributed by atoms with Gasteiger partial charge in [0.05, 0.1) is 16.3 Å². The van der Waals surface area contributed by atoms with Crippen LogP contribution in [-0.2, 0) is 11.2 Å². The number of carbonyl (C=O) groups is 3. The number of aromatic amines is 1. The zero-order valence-corrected chi connectivity index (χ0v) is 24.7. The van der Waals surface area contributed by atoms with Gasteiger partial charge in [0, 0.05) is 17.8 Å². The van der Waals surface area contributed by atoms with Crippen LogP contribution >= 0.6 is 23.2 Å². The summed E-state index contributed by atoms with van der Waals surface area (Å²) in [6.07, 6.45) is -0.319. The molecule has 0 fully saturated rings. The van der Waals surface area contributed by atoms with Crippen molar-refractivity contribution in [1.82, 2.24) is 15.5 Å². The largest absolute Gasteiger partial charge is 0.416 e. The number of amides is 3. The van der Waals surface area contributed by atoms with Crippen molar-refractivity contribution in [2.24, 2.45) is 4.99 Å². The van der Waals surface area contributed by atoms with Gasteiger partial charge in [0.2, 0.25) is 6.17 Å². The van der Waals surface area contributed by atoms with Gasteiger partial charge < -0.3 is 15.0 Å². The van der Waals surface area contributed by atoms with Crippen LogP contribution in [0.15, 0.2) is 83.9 Å². The number of aliphatic imine (C=N–C) groups is 1.